The van der Waals surface area contributed by atoms with Crippen LogP contribution in [0.4, 0.5) is 4.79 Å². The molecule has 0 saturated carbocycles. The van der Waals surface area contributed by atoms with Crippen molar-refractivity contribution in [1.29, 1.82) is 0 Å². The van der Waals surface area contributed by atoms with Crippen LogP contribution < -0.4 is 5.32 Å². The Morgan fingerprint density at radius 2 is 2.33 bits per heavy atom. The molecule has 0 aromatic carbocycles. The van der Waals surface area contributed by atoms with Gasteiger partial charge >= 0.3 is 12.0 Å². The average Bonchev–Trinajstić information content (AvgIpc) is 2.36. The Morgan fingerprint density at radius 1 is 1.61 bits per heavy atom. The SMILES string of the molecule is CCOCC(C)NC(=O)N1CCOCC1C(=O)O. The van der Waals surface area contributed by atoms with E-state index < -0.39 is 18.0 Å². The standard InChI is InChI=1S/C11H20N2O5/c1-3-17-6-8(2)12-11(16)13-4-5-18-7-9(13)10(14)15/h8-9H,3-7H2,1-2H3,(H,12,16)(H,14,15). The molecule has 1 aliphatic heterocycles. The third-order valence-corrected chi connectivity index (χ3v) is 2.62. The summed E-state index contributed by atoms with van der Waals surface area (Å²) in [7, 11) is 0. The number of urea groups is 1. The summed E-state index contributed by atoms with van der Waals surface area (Å²) in [6.07, 6.45) is 0. The van der Waals surface area contributed by atoms with E-state index in [0.29, 0.717) is 19.8 Å². The highest BCUT2D eigenvalue weighted by atomic mass is 16.5. The maximum atomic E-state index is 11.9. The van der Waals surface area contributed by atoms with Gasteiger partial charge in [-0.2, -0.15) is 0 Å². The van der Waals surface area contributed by atoms with Crippen molar-refractivity contribution in [2.45, 2.75) is 25.9 Å². The smallest absolute Gasteiger partial charge is 0.328 e. The molecular weight excluding hydrogens is 240 g/mol. The van der Waals surface area contributed by atoms with Crippen LogP contribution >= 0.6 is 0 Å². The van der Waals surface area contributed by atoms with Gasteiger partial charge in [0.1, 0.15) is 0 Å². The zero-order valence-electron chi connectivity index (χ0n) is 10.7. The molecular formula is C11H20N2O5. The minimum atomic E-state index is -1.05. The third kappa shape index (κ3) is 4.15. The van der Waals surface area contributed by atoms with Crippen LogP contribution in [0.5, 0.6) is 0 Å². The number of hydrogen-bond donors (Lipinski definition) is 2. The molecule has 7 heteroatoms. The van der Waals surface area contributed by atoms with Gasteiger partial charge in [0.05, 0.1) is 25.9 Å². The van der Waals surface area contributed by atoms with Gasteiger partial charge in [0.15, 0.2) is 6.04 Å². The van der Waals surface area contributed by atoms with Gasteiger partial charge in [0.25, 0.3) is 0 Å². The fourth-order valence-electron chi connectivity index (χ4n) is 1.68. The second-order valence-electron chi connectivity index (χ2n) is 4.13. The topological polar surface area (TPSA) is 88.1 Å². The number of amides is 2. The van der Waals surface area contributed by atoms with E-state index in [-0.39, 0.29) is 19.2 Å². The molecule has 2 unspecified atom stereocenters. The van der Waals surface area contributed by atoms with Crippen molar-refractivity contribution >= 4 is 12.0 Å². The van der Waals surface area contributed by atoms with E-state index in [1.807, 2.05) is 13.8 Å². The number of carbonyl (C=O) groups is 2. The number of aliphatic carboxylic acids is 1. The van der Waals surface area contributed by atoms with Crippen LogP contribution in [-0.4, -0.2) is 67.1 Å². The van der Waals surface area contributed by atoms with Gasteiger partial charge in [-0.15, -0.1) is 0 Å². The molecule has 2 N–H and O–H groups in total. The van der Waals surface area contributed by atoms with Crippen molar-refractivity contribution in [2.24, 2.45) is 0 Å². The van der Waals surface area contributed by atoms with Crippen LogP contribution in [0.2, 0.25) is 0 Å². The molecule has 104 valence electrons. The number of ether oxygens (including phenoxy) is 2. The number of hydrogen-bond acceptors (Lipinski definition) is 4. The lowest BCUT2D eigenvalue weighted by Crippen LogP contribution is -2.57. The summed E-state index contributed by atoms with van der Waals surface area (Å²) in [5.41, 5.74) is 0. The molecule has 1 fully saturated rings. The maximum Gasteiger partial charge on any atom is 0.328 e. The van der Waals surface area contributed by atoms with E-state index >= 15 is 0 Å². The molecule has 0 aromatic rings. The van der Waals surface area contributed by atoms with Crippen molar-refractivity contribution in [3.63, 3.8) is 0 Å². The van der Waals surface area contributed by atoms with Crippen molar-refractivity contribution in [2.75, 3.05) is 33.0 Å². The highest BCUT2D eigenvalue weighted by Gasteiger charge is 2.33. The van der Waals surface area contributed by atoms with E-state index in [0.717, 1.165) is 0 Å². The number of carboxylic acid groups (broad SMARTS) is 1. The molecule has 1 rings (SSSR count). The normalized spacial score (nSPS) is 21.4. The second kappa shape index (κ2) is 7.17. The molecule has 1 saturated heterocycles. The zero-order valence-corrected chi connectivity index (χ0v) is 10.7. The summed E-state index contributed by atoms with van der Waals surface area (Å²) in [6, 6.07) is -1.47. The van der Waals surface area contributed by atoms with Crippen LogP contribution in [0.15, 0.2) is 0 Å². The Balaban J connectivity index is 2.50. The Morgan fingerprint density at radius 3 is 2.94 bits per heavy atom. The minimum absolute atomic E-state index is 0.0304. The summed E-state index contributed by atoms with van der Waals surface area (Å²) in [5.74, 6) is -1.05. The number of morpholine rings is 1. The predicted molar refractivity (Wildman–Crippen MR) is 63.4 cm³/mol. The lowest BCUT2D eigenvalue weighted by molar-refractivity contribution is -0.147. The first kappa shape index (κ1) is 14.7. The summed E-state index contributed by atoms with van der Waals surface area (Å²) in [4.78, 5) is 24.2. The van der Waals surface area contributed by atoms with Crippen molar-refractivity contribution in [3.05, 3.63) is 0 Å². The van der Waals surface area contributed by atoms with Gasteiger partial charge in [0, 0.05) is 13.2 Å². The van der Waals surface area contributed by atoms with Crippen LogP contribution in [0, 0.1) is 0 Å². The molecule has 7 nitrogen and oxygen atoms in total. The first-order chi connectivity index (χ1) is 8.56. The van der Waals surface area contributed by atoms with Gasteiger partial charge < -0.3 is 24.8 Å². The van der Waals surface area contributed by atoms with Crippen LogP contribution in [0.25, 0.3) is 0 Å². The van der Waals surface area contributed by atoms with Crippen LogP contribution in [-0.2, 0) is 14.3 Å². The number of rotatable bonds is 5. The lowest BCUT2D eigenvalue weighted by Gasteiger charge is -2.33. The predicted octanol–water partition coefficient (Wildman–Crippen LogP) is -0.0936. The van der Waals surface area contributed by atoms with Crippen molar-refractivity contribution in [3.8, 4) is 0 Å². The molecule has 0 radical (unpaired) electrons. The second-order valence-corrected chi connectivity index (χ2v) is 4.13. The zero-order chi connectivity index (χ0) is 13.5. The number of carbonyl (C=O) groups excluding carboxylic acids is 1. The first-order valence-electron chi connectivity index (χ1n) is 6.01. The van der Waals surface area contributed by atoms with E-state index in [2.05, 4.69) is 5.32 Å². The Kier molecular flexibility index (Phi) is 5.87. The highest BCUT2D eigenvalue weighted by molar-refractivity contribution is 5.83. The third-order valence-electron chi connectivity index (χ3n) is 2.62. The molecule has 2 atom stereocenters. The average molecular weight is 260 g/mol. The van der Waals surface area contributed by atoms with Gasteiger partial charge in [0.2, 0.25) is 0 Å². The Bertz CT molecular complexity index is 297. The van der Waals surface area contributed by atoms with Gasteiger partial charge in [-0.3, -0.25) is 0 Å². The summed E-state index contributed by atoms with van der Waals surface area (Å²) in [5, 5.41) is 11.7. The molecule has 0 bridgehead atoms. The van der Waals surface area contributed by atoms with E-state index in [1.54, 1.807) is 0 Å². The Labute approximate surface area is 106 Å². The quantitative estimate of drug-likeness (QED) is 0.721. The first-order valence-corrected chi connectivity index (χ1v) is 6.01. The van der Waals surface area contributed by atoms with E-state index in [4.69, 9.17) is 14.6 Å². The summed E-state index contributed by atoms with van der Waals surface area (Å²) in [6.45, 7) is 5.34. The van der Waals surface area contributed by atoms with Crippen molar-refractivity contribution < 1.29 is 24.2 Å². The van der Waals surface area contributed by atoms with Crippen LogP contribution in [0.1, 0.15) is 13.8 Å². The highest BCUT2D eigenvalue weighted by Crippen LogP contribution is 2.07. The monoisotopic (exact) mass is 260 g/mol. The molecule has 1 aliphatic rings. The lowest BCUT2D eigenvalue weighted by atomic mass is 10.2. The minimum Gasteiger partial charge on any atom is -0.480 e. The molecule has 0 aromatic heterocycles. The van der Waals surface area contributed by atoms with Crippen LogP contribution in [0.3, 0.4) is 0 Å². The Hall–Kier alpha value is -1.34. The molecule has 2 amide bonds. The number of nitrogens with one attached hydrogen (secondary N) is 1. The van der Waals surface area contributed by atoms with E-state index in [9.17, 15) is 9.59 Å². The summed E-state index contributed by atoms with van der Waals surface area (Å²) < 4.78 is 10.3. The van der Waals surface area contributed by atoms with Crippen molar-refractivity contribution in [1.82, 2.24) is 10.2 Å². The molecule has 1 heterocycles. The number of carboxylic acids is 1. The fraction of sp³-hybridized carbons (Fsp3) is 0.818. The van der Waals surface area contributed by atoms with Gasteiger partial charge in [-0.1, -0.05) is 0 Å². The molecule has 0 spiro atoms. The number of nitrogens with zero attached hydrogens (tertiary/aromatic N) is 1. The van der Waals surface area contributed by atoms with Gasteiger partial charge in [-0.05, 0) is 13.8 Å². The molecule has 0 aliphatic carbocycles. The maximum absolute atomic E-state index is 11.9. The fourth-order valence-corrected chi connectivity index (χ4v) is 1.68. The van der Waals surface area contributed by atoms with Gasteiger partial charge in [-0.25, -0.2) is 9.59 Å². The van der Waals surface area contributed by atoms with E-state index in [1.165, 1.54) is 4.90 Å². The largest absolute Gasteiger partial charge is 0.480 e. The molecule has 18 heavy (non-hydrogen) atoms. The summed E-state index contributed by atoms with van der Waals surface area (Å²) >= 11 is 0.